The molecule has 1 saturated heterocycles. The van der Waals surface area contributed by atoms with Gasteiger partial charge in [0.2, 0.25) is 11.7 Å². The molecule has 0 aromatic heterocycles. The number of Topliss-reactive ketones (excluding diaryl/α,β-unsaturated/α-hetero) is 1. The molecule has 4 N–H and O–H groups in total. The predicted octanol–water partition coefficient (Wildman–Crippen LogP) is 5.87. The van der Waals surface area contributed by atoms with Gasteiger partial charge in [-0.05, 0) is 73.4 Å². The molecule has 1 aliphatic carbocycles. The van der Waals surface area contributed by atoms with Gasteiger partial charge in [0.15, 0.2) is 5.75 Å². The van der Waals surface area contributed by atoms with E-state index in [2.05, 4.69) is 16.0 Å². The standard InChI is InChI=1S/C32H39Cl2F3N4O4/c1-2-11-38-31(45)28(43)25(16-19-7-5-8-19)40-30(44)26(17-20-14-23(33)27(42)24(34)15-20)39-29(32(35,36)37)21-9-6-10-22(18-21)41-12-3-4-13-41/h6,9-10,14-15,18-19,25-26,29,39,42H,2-5,7-8,11-13,16-17H2,1H3,(H,38,45)(H,40,44)/t25-,26-,29-/m0/s1. The van der Waals surface area contributed by atoms with Gasteiger partial charge in [-0.1, -0.05) is 61.5 Å². The van der Waals surface area contributed by atoms with Crippen LogP contribution in [-0.4, -0.2) is 60.6 Å². The Hall–Kier alpha value is -3.02. The summed E-state index contributed by atoms with van der Waals surface area (Å²) in [4.78, 5) is 41.6. The Morgan fingerprint density at radius 3 is 2.27 bits per heavy atom. The first-order chi connectivity index (χ1) is 21.4. The number of phenolic OH excluding ortho intramolecular Hbond substituents is 1. The summed E-state index contributed by atoms with van der Waals surface area (Å²) in [6.45, 7) is 3.58. The lowest BCUT2D eigenvalue weighted by Gasteiger charge is -2.32. The van der Waals surface area contributed by atoms with Crippen molar-refractivity contribution in [2.75, 3.05) is 24.5 Å². The van der Waals surface area contributed by atoms with E-state index >= 15 is 0 Å². The number of phenols is 1. The van der Waals surface area contributed by atoms with E-state index in [0.29, 0.717) is 12.1 Å². The molecule has 0 unspecified atom stereocenters. The van der Waals surface area contributed by atoms with Gasteiger partial charge in [0.1, 0.15) is 6.04 Å². The lowest BCUT2D eigenvalue weighted by atomic mass is 9.80. The number of nitrogens with one attached hydrogen (secondary N) is 3. The minimum absolute atomic E-state index is 0.0764. The molecule has 1 aliphatic heterocycles. The first kappa shape index (κ1) is 34.8. The zero-order chi connectivity index (χ0) is 32.7. The molecule has 2 amide bonds. The molecule has 1 saturated carbocycles. The Labute approximate surface area is 271 Å². The van der Waals surface area contributed by atoms with Crippen molar-refractivity contribution < 1.29 is 32.7 Å². The molecule has 13 heteroatoms. The molecule has 45 heavy (non-hydrogen) atoms. The van der Waals surface area contributed by atoms with E-state index in [9.17, 15) is 32.7 Å². The highest BCUT2D eigenvalue weighted by atomic mass is 35.5. The molecular formula is C32H39Cl2F3N4O4. The summed E-state index contributed by atoms with van der Waals surface area (Å²) < 4.78 is 44.1. The van der Waals surface area contributed by atoms with Crippen LogP contribution >= 0.6 is 23.2 Å². The van der Waals surface area contributed by atoms with Crippen LogP contribution < -0.4 is 20.9 Å². The molecule has 246 valence electrons. The van der Waals surface area contributed by atoms with Crippen LogP contribution in [-0.2, 0) is 20.8 Å². The van der Waals surface area contributed by atoms with Gasteiger partial charge in [-0.15, -0.1) is 0 Å². The molecule has 2 fully saturated rings. The number of aromatic hydroxyl groups is 1. The number of nitrogens with zero attached hydrogens (tertiary/aromatic N) is 1. The van der Waals surface area contributed by atoms with Crippen LogP contribution in [0, 0.1) is 5.92 Å². The van der Waals surface area contributed by atoms with Gasteiger partial charge in [0, 0.05) is 25.3 Å². The molecule has 2 aliphatic rings. The zero-order valence-electron chi connectivity index (χ0n) is 25.1. The second kappa shape index (κ2) is 15.5. The van der Waals surface area contributed by atoms with Gasteiger partial charge >= 0.3 is 6.18 Å². The van der Waals surface area contributed by atoms with Crippen molar-refractivity contribution in [3.8, 4) is 5.75 Å². The second-order valence-electron chi connectivity index (χ2n) is 11.8. The van der Waals surface area contributed by atoms with E-state index in [1.807, 2.05) is 11.8 Å². The van der Waals surface area contributed by atoms with Crippen LogP contribution in [0.5, 0.6) is 5.75 Å². The van der Waals surface area contributed by atoms with Gasteiger partial charge in [0.05, 0.1) is 22.1 Å². The van der Waals surface area contributed by atoms with Crippen molar-refractivity contribution >= 4 is 46.5 Å². The first-order valence-electron chi connectivity index (χ1n) is 15.3. The number of amides is 2. The highest BCUT2D eigenvalue weighted by Gasteiger charge is 2.44. The highest BCUT2D eigenvalue weighted by molar-refractivity contribution is 6.38. The van der Waals surface area contributed by atoms with Gasteiger partial charge in [0.25, 0.3) is 5.91 Å². The first-order valence-corrected chi connectivity index (χ1v) is 16.1. The number of anilines is 1. The second-order valence-corrected chi connectivity index (χ2v) is 12.6. The van der Waals surface area contributed by atoms with Crippen molar-refractivity contribution in [3.63, 3.8) is 0 Å². The molecule has 3 atom stereocenters. The number of hydrogen-bond donors (Lipinski definition) is 4. The van der Waals surface area contributed by atoms with Gasteiger partial charge in [-0.2, -0.15) is 13.2 Å². The third-order valence-electron chi connectivity index (χ3n) is 8.39. The van der Waals surface area contributed by atoms with Gasteiger partial charge in [-0.25, -0.2) is 0 Å². The van der Waals surface area contributed by atoms with Crippen molar-refractivity contribution in [1.29, 1.82) is 0 Å². The highest BCUT2D eigenvalue weighted by Crippen LogP contribution is 2.37. The number of halogens is 5. The average molecular weight is 672 g/mol. The number of carbonyl (C=O) groups is 3. The molecule has 8 nitrogen and oxygen atoms in total. The third kappa shape index (κ3) is 9.26. The minimum Gasteiger partial charge on any atom is -0.505 e. The summed E-state index contributed by atoms with van der Waals surface area (Å²) in [5.74, 6) is -2.87. The van der Waals surface area contributed by atoms with E-state index in [4.69, 9.17) is 23.2 Å². The fourth-order valence-electron chi connectivity index (χ4n) is 5.71. The SMILES string of the molecule is CCCNC(=O)C(=O)[C@H](CC1CCC1)NC(=O)[C@H](Cc1cc(Cl)c(O)c(Cl)c1)N[C@@H](c1cccc(N2CCCC2)c1)C(F)(F)F. The van der Waals surface area contributed by atoms with Crippen molar-refractivity contribution in [2.45, 2.75) is 82.6 Å². The van der Waals surface area contributed by atoms with E-state index < -0.39 is 47.6 Å². The third-order valence-corrected chi connectivity index (χ3v) is 8.97. The monoisotopic (exact) mass is 670 g/mol. The molecule has 1 heterocycles. The van der Waals surface area contributed by atoms with E-state index in [-0.39, 0.29) is 46.5 Å². The summed E-state index contributed by atoms with van der Waals surface area (Å²) in [5, 5.41) is 17.4. The van der Waals surface area contributed by atoms with Gasteiger partial charge in [-0.3, -0.25) is 19.7 Å². The van der Waals surface area contributed by atoms with E-state index in [1.54, 1.807) is 12.1 Å². The minimum atomic E-state index is -4.80. The van der Waals surface area contributed by atoms with E-state index in [1.165, 1.54) is 24.3 Å². The summed E-state index contributed by atoms with van der Waals surface area (Å²) in [6.07, 6.45) is 0.193. The molecule has 2 aromatic carbocycles. The van der Waals surface area contributed by atoms with Crippen LogP contribution in [0.2, 0.25) is 10.0 Å². The summed E-state index contributed by atoms with van der Waals surface area (Å²) >= 11 is 12.2. The quantitative estimate of drug-likeness (QED) is 0.187. The maximum atomic E-state index is 14.7. The fraction of sp³-hybridized carbons (Fsp3) is 0.531. The molecular weight excluding hydrogens is 632 g/mol. The number of hydrogen-bond acceptors (Lipinski definition) is 6. The Morgan fingerprint density at radius 1 is 1.02 bits per heavy atom. The normalized spacial score (nSPS) is 17.3. The summed E-state index contributed by atoms with van der Waals surface area (Å²) in [6, 6.07) is 3.79. The molecule has 0 bridgehead atoms. The topological polar surface area (TPSA) is 111 Å². The van der Waals surface area contributed by atoms with E-state index in [0.717, 1.165) is 45.2 Å². The lowest BCUT2D eigenvalue weighted by molar-refractivity contribution is -0.161. The Morgan fingerprint density at radius 2 is 1.69 bits per heavy atom. The predicted molar refractivity (Wildman–Crippen MR) is 168 cm³/mol. The average Bonchev–Trinajstić information content (AvgIpc) is 3.52. The largest absolute Gasteiger partial charge is 0.505 e. The van der Waals surface area contributed by atoms with Crippen molar-refractivity contribution in [2.24, 2.45) is 5.92 Å². The van der Waals surface area contributed by atoms with Crippen LogP contribution in [0.3, 0.4) is 0 Å². The van der Waals surface area contributed by atoms with Gasteiger partial charge < -0.3 is 20.6 Å². The number of alkyl halides is 3. The number of benzene rings is 2. The van der Waals surface area contributed by atoms with Crippen LogP contribution in [0.4, 0.5) is 18.9 Å². The Balaban J connectivity index is 1.66. The van der Waals surface area contributed by atoms with Crippen molar-refractivity contribution in [1.82, 2.24) is 16.0 Å². The number of ketones is 1. The number of carbonyl (C=O) groups excluding carboxylic acids is 3. The molecule has 4 rings (SSSR count). The summed E-state index contributed by atoms with van der Waals surface area (Å²) in [7, 11) is 0. The maximum absolute atomic E-state index is 14.7. The van der Waals surface area contributed by atoms with Crippen LogP contribution in [0.15, 0.2) is 36.4 Å². The lowest BCUT2D eigenvalue weighted by Crippen LogP contribution is -2.55. The Kier molecular flexibility index (Phi) is 12.0. The van der Waals surface area contributed by atoms with Crippen LogP contribution in [0.1, 0.15) is 69.0 Å². The molecule has 0 radical (unpaired) electrons. The van der Waals surface area contributed by atoms with Crippen LogP contribution in [0.25, 0.3) is 0 Å². The fourth-order valence-corrected chi connectivity index (χ4v) is 6.24. The maximum Gasteiger partial charge on any atom is 0.407 e. The number of rotatable bonds is 14. The zero-order valence-corrected chi connectivity index (χ0v) is 26.6. The molecule has 0 spiro atoms. The Bertz CT molecular complexity index is 1340. The smallest absolute Gasteiger partial charge is 0.407 e. The summed E-state index contributed by atoms with van der Waals surface area (Å²) in [5.41, 5.74) is 0.862. The molecule has 2 aromatic rings. The van der Waals surface area contributed by atoms with Crippen molar-refractivity contribution in [3.05, 3.63) is 57.6 Å².